The number of benzene rings is 6. The van der Waals surface area contributed by atoms with Gasteiger partial charge in [0.1, 0.15) is 16.1 Å². The summed E-state index contributed by atoms with van der Waals surface area (Å²) in [5.74, 6) is 11.9. The van der Waals surface area contributed by atoms with E-state index in [0.29, 0.717) is 35.5 Å². The van der Waals surface area contributed by atoms with E-state index in [4.69, 9.17) is 9.31 Å². The number of fused-ring (bicyclic) bond motifs is 5. The van der Waals surface area contributed by atoms with E-state index in [2.05, 4.69) is 213 Å². The van der Waals surface area contributed by atoms with E-state index < -0.39 is 34.5 Å². The molecule has 1 heterocycles. The Balaban J connectivity index is 1.64. The highest BCUT2D eigenvalue weighted by Crippen LogP contribution is 2.41. The third-order valence-electron chi connectivity index (χ3n) is 14.1. The molecule has 1 aliphatic rings. The monoisotopic (exact) mass is 899 g/mol. The molecule has 0 bridgehead atoms. The molecule has 0 atom stereocenters. The highest BCUT2D eigenvalue weighted by molar-refractivity contribution is 6.88. The molecule has 1 aliphatic heterocycles. The van der Waals surface area contributed by atoms with Gasteiger partial charge >= 0.3 is 7.12 Å². The van der Waals surface area contributed by atoms with Gasteiger partial charge in [-0.25, -0.2) is 0 Å². The van der Waals surface area contributed by atoms with Crippen molar-refractivity contribution in [2.24, 2.45) is 35.5 Å². The van der Waals surface area contributed by atoms with Crippen LogP contribution in [-0.2, 0) is 9.31 Å². The molecule has 0 spiro atoms. The molecular formula is C60H79BO2Si2. The van der Waals surface area contributed by atoms with Gasteiger partial charge in [-0.15, -0.1) is 11.1 Å². The summed E-state index contributed by atoms with van der Waals surface area (Å²) < 4.78 is 13.2. The summed E-state index contributed by atoms with van der Waals surface area (Å²) >= 11 is 0. The van der Waals surface area contributed by atoms with Gasteiger partial charge in [-0.2, -0.15) is 0 Å². The Labute approximate surface area is 396 Å². The van der Waals surface area contributed by atoms with Crippen molar-refractivity contribution in [2.75, 3.05) is 0 Å². The maximum absolute atomic E-state index is 6.62. The van der Waals surface area contributed by atoms with Crippen molar-refractivity contribution >= 4 is 82.6 Å². The standard InChI is InChI=1S/C60H79BO2Si2/c1-40(2)34-64(35-41(3)4,36-42(5)6)25-23-53-55-30-48-21-22-52(61-62-59(13,14)60(15,16)63-61)29-51(48)33-58(55)54(24-26-65(37-43(7)8,38-44(9)10)39-45(11)12)57-32-50-28-47-20-18-17-19-46(47)27-49(50)31-56(53)57/h17-22,27-33,40-45H,34-39H2,1-16H3. The van der Waals surface area contributed by atoms with Crippen LogP contribution in [-0.4, -0.2) is 34.5 Å². The number of hydrogen-bond acceptors (Lipinski definition) is 2. The fraction of sp³-hybridized carbons (Fsp3) is 0.500. The topological polar surface area (TPSA) is 18.5 Å². The molecule has 0 saturated carbocycles. The first-order valence-corrected chi connectivity index (χ1v) is 30.4. The lowest BCUT2D eigenvalue weighted by molar-refractivity contribution is 0.00578. The Kier molecular flexibility index (Phi) is 14.4. The van der Waals surface area contributed by atoms with E-state index >= 15 is 0 Å². The second kappa shape index (κ2) is 19.0. The average Bonchev–Trinajstić information content (AvgIpc) is 3.40. The zero-order valence-electron chi connectivity index (χ0n) is 43.1. The van der Waals surface area contributed by atoms with Crippen molar-refractivity contribution in [2.45, 2.75) is 158 Å². The van der Waals surface area contributed by atoms with Crippen LogP contribution in [0, 0.1) is 58.4 Å². The van der Waals surface area contributed by atoms with Crippen LogP contribution < -0.4 is 5.46 Å². The van der Waals surface area contributed by atoms with Crippen LogP contribution in [0.5, 0.6) is 0 Å². The number of rotatable bonds is 13. The molecule has 0 unspecified atom stereocenters. The zero-order chi connectivity index (χ0) is 47.2. The summed E-state index contributed by atoms with van der Waals surface area (Å²) in [5.41, 5.74) is 11.1. The summed E-state index contributed by atoms with van der Waals surface area (Å²) in [6, 6.07) is 37.5. The van der Waals surface area contributed by atoms with Crippen LogP contribution in [0.3, 0.4) is 0 Å². The molecule has 0 radical (unpaired) electrons. The Hall–Kier alpha value is -3.84. The maximum atomic E-state index is 6.62. The van der Waals surface area contributed by atoms with Crippen molar-refractivity contribution in [1.82, 2.24) is 0 Å². The SMILES string of the molecule is CC(C)C[Si](C#Cc1c2cc3ccc(B4OC(C)(C)C(C)(C)O4)cc3cc2c(C#C[Si](CC(C)C)(CC(C)C)CC(C)C)c2cc3cc4ccccc4cc3cc12)(CC(C)C)CC(C)C. The molecule has 0 aromatic heterocycles. The highest BCUT2D eigenvalue weighted by atomic mass is 28.3. The molecule has 6 aromatic rings. The van der Waals surface area contributed by atoms with Gasteiger partial charge in [0.15, 0.2) is 0 Å². The average molecular weight is 899 g/mol. The van der Waals surface area contributed by atoms with Crippen molar-refractivity contribution in [1.29, 1.82) is 0 Å². The van der Waals surface area contributed by atoms with Gasteiger partial charge < -0.3 is 9.31 Å². The van der Waals surface area contributed by atoms with E-state index in [1.54, 1.807) is 0 Å². The van der Waals surface area contributed by atoms with Crippen LogP contribution in [0.15, 0.2) is 78.9 Å². The van der Waals surface area contributed by atoms with Gasteiger partial charge in [-0.1, -0.05) is 137 Å². The molecule has 0 N–H and O–H groups in total. The number of hydrogen-bond donors (Lipinski definition) is 0. The van der Waals surface area contributed by atoms with Gasteiger partial charge in [-0.3, -0.25) is 0 Å². The molecule has 2 nitrogen and oxygen atoms in total. The Morgan fingerprint density at radius 3 is 1.06 bits per heavy atom. The minimum atomic E-state index is -2.06. The van der Waals surface area contributed by atoms with Crippen molar-refractivity contribution in [3.8, 4) is 22.9 Å². The quantitative estimate of drug-likeness (QED) is 0.0653. The lowest BCUT2D eigenvalue weighted by Gasteiger charge is -2.32. The maximum Gasteiger partial charge on any atom is 0.494 e. The summed E-state index contributed by atoms with van der Waals surface area (Å²) in [6.45, 7) is 37.4. The van der Waals surface area contributed by atoms with Gasteiger partial charge in [-0.05, 0) is 195 Å². The van der Waals surface area contributed by atoms with Gasteiger partial charge in [0, 0.05) is 11.1 Å². The van der Waals surface area contributed by atoms with E-state index in [-0.39, 0.29) is 0 Å². The van der Waals surface area contributed by atoms with Crippen LogP contribution in [0.2, 0.25) is 36.3 Å². The van der Waals surface area contributed by atoms with Crippen LogP contribution in [0.25, 0.3) is 53.9 Å². The van der Waals surface area contributed by atoms with Gasteiger partial charge in [0.2, 0.25) is 0 Å². The molecule has 7 rings (SSSR count). The van der Waals surface area contributed by atoms with E-state index in [1.807, 2.05) is 0 Å². The molecule has 1 saturated heterocycles. The molecule has 65 heavy (non-hydrogen) atoms. The summed E-state index contributed by atoms with van der Waals surface area (Å²) in [5, 5.41) is 12.3. The minimum Gasteiger partial charge on any atom is -0.399 e. The molecule has 5 heteroatoms. The third-order valence-corrected chi connectivity index (χ3v) is 25.0. The largest absolute Gasteiger partial charge is 0.494 e. The smallest absolute Gasteiger partial charge is 0.399 e. The van der Waals surface area contributed by atoms with Crippen LogP contribution >= 0.6 is 0 Å². The van der Waals surface area contributed by atoms with Gasteiger partial charge in [0.05, 0.1) is 11.2 Å². The van der Waals surface area contributed by atoms with Crippen LogP contribution in [0.1, 0.15) is 122 Å². The van der Waals surface area contributed by atoms with E-state index in [1.165, 1.54) is 90.1 Å². The first-order valence-electron chi connectivity index (χ1n) is 25.2. The predicted molar refractivity (Wildman–Crippen MR) is 293 cm³/mol. The lowest BCUT2D eigenvalue weighted by Crippen LogP contribution is -2.41. The molecule has 342 valence electrons. The Morgan fingerprint density at radius 2 is 0.723 bits per heavy atom. The summed E-state index contributed by atoms with van der Waals surface area (Å²) in [7, 11) is -4.54. The second-order valence-electron chi connectivity index (χ2n) is 23.9. The molecule has 1 fully saturated rings. The fourth-order valence-electron chi connectivity index (χ4n) is 11.7. The molecular weight excluding hydrogens is 820 g/mol. The highest BCUT2D eigenvalue weighted by Gasteiger charge is 2.51. The zero-order valence-corrected chi connectivity index (χ0v) is 45.1. The first kappa shape index (κ1) is 49.1. The first-order chi connectivity index (χ1) is 30.5. The Bertz CT molecular complexity index is 2770. The summed E-state index contributed by atoms with van der Waals surface area (Å²) in [6.07, 6.45) is 0. The molecule has 6 aromatic carbocycles. The fourth-order valence-corrected chi connectivity index (χ4v) is 23.5. The predicted octanol–water partition coefficient (Wildman–Crippen LogP) is 16.4. The van der Waals surface area contributed by atoms with Crippen molar-refractivity contribution < 1.29 is 9.31 Å². The second-order valence-corrected chi connectivity index (χ2v) is 32.0. The minimum absolute atomic E-state index is 0.420. The lowest BCUT2D eigenvalue weighted by atomic mass is 9.78. The summed E-state index contributed by atoms with van der Waals surface area (Å²) in [4.78, 5) is 0. The molecule has 0 amide bonds. The normalized spacial score (nSPS) is 15.5. The van der Waals surface area contributed by atoms with Crippen LogP contribution in [0.4, 0.5) is 0 Å². The molecule has 0 aliphatic carbocycles. The van der Waals surface area contributed by atoms with E-state index in [0.717, 1.165) is 16.6 Å². The van der Waals surface area contributed by atoms with E-state index in [9.17, 15) is 0 Å². The van der Waals surface area contributed by atoms with Gasteiger partial charge in [0.25, 0.3) is 0 Å². The van der Waals surface area contributed by atoms with Crippen molar-refractivity contribution in [3.05, 3.63) is 90.0 Å². The van der Waals surface area contributed by atoms with Crippen molar-refractivity contribution in [3.63, 3.8) is 0 Å². The Morgan fingerprint density at radius 1 is 0.415 bits per heavy atom. The third kappa shape index (κ3) is 10.8.